The van der Waals surface area contributed by atoms with Crippen LogP contribution in [0.5, 0.6) is 0 Å². The fraction of sp³-hybridized carbons (Fsp3) is 0.312. The van der Waals surface area contributed by atoms with Gasteiger partial charge in [-0.25, -0.2) is 9.97 Å². The average molecular weight is 294 g/mol. The van der Waals surface area contributed by atoms with Gasteiger partial charge in [0.25, 0.3) is 0 Å². The van der Waals surface area contributed by atoms with E-state index in [-0.39, 0.29) is 0 Å². The average Bonchev–Trinajstić information content (AvgIpc) is 2.89. The zero-order valence-electron chi connectivity index (χ0n) is 12.5. The van der Waals surface area contributed by atoms with Crippen LogP contribution in [0, 0.1) is 0 Å². The molecule has 3 aromatic rings. The summed E-state index contributed by atoms with van der Waals surface area (Å²) in [6.45, 7) is 2.84. The van der Waals surface area contributed by atoms with E-state index in [0.29, 0.717) is 6.04 Å². The maximum Gasteiger partial charge on any atom is 0.147 e. The Balaban J connectivity index is 1.38. The predicted molar refractivity (Wildman–Crippen MR) is 84.7 cm³/mol. The SMILES string of the molecule is CN(Cc1cn2ccccc2n1)C1CN(c2cnccn2)C1. The molecule has 0 aromatic carbocycles. The number of anilines is 1. The van der Waals surface area contributed by atoms with Crippen molar-refractivity contribution < 1.29 is 0 Å². The molecule has 0 N–H and O–H groups in total. The fourth-order valence-corrected chi connectivity index (χ4v) is 2.82. The third-order valence-electron chi connectivity index (χ3n) is 4.18. The number of likely N-dealkylation sites (N-methyl/N-ethyl adjacent to an activating group) is 1. The van der Waals surface area contributed by atoms with E-state index in [0.717, 1.165) is 36.8 Å². The molecule has 0 spiro atoms. The number of nitrogens with zero attached hydrogens (tertiary/aromatic N) is 6. The Morgan fingerprint density at radius 3 is 2.95 bits per heavy atom. The van der Waals surface area contributed by atoms with Crippen LogP contribution < -0.4 is 4.90 Å². The summed E-state index contributed by atoms with van der Waals surface area (Å²) in [5, 5.41) is 0. The van der Waals surface area contributed by atoms with Crippen molar-refractivity contribution in [3.63, 3.8) is 0 Å². The molecule has 4 rings (SSSR count). The predicted octanol–water partition coefficient (Wildman–Crippen LogP) is 1.44. The molecule has 1 aliphatic rings. The standard InChI is InChI=1S/C16H18N6/c1-20(9-13-10-21-7-3-2-4-15(21)19-13)14-11-22(12-14)16-8-17-5-6-18-16/h2-8,10,14H,9,11-12H2,1H3. The first-order valence-corrected chi connectivity index (χ1v) is 7.43. The van der Waals surface area contributed by atoms with Crippen molar-refractivity contribution in [2.45, 2.75) is 12.6 Å². The van der Waals surface area contributed by atoms with Crippen LogP contribution in [0.15, 0.2) is 49.2 Å². The minimum absolute atomic E-state index is 0.534. The lowest BCUT2D eigenvalue weighted by Crippen LogP contribution is -2.58. The monoisotopic (exact) mass is 294 g/mol. The first-order chi connectivity index (χ1) is 10.8. The Morgan fingerprint density at radius 2 is 2.18 bits per heavy atom. The second kappa shape index (κ2) is 5.38. The minimum atomic E-state index is 0.534. The largest absolute Gasteiger partial charge is 0.352 e. The molecule has 4 heterocycles. The molecule has 0 aliphatic carbocycles. The molecule has 0 atom stereocenters. The normalized spacial score (nSPS) is 15.5. The van der Waals surface area contributed by atoms with Gasteiger partial charge >= 0.3 is 0 Å². The highest BCUT2D eigenvalue weighted by atomic mass is 15.3. The van der Waals surface area contributed by atoms with Crippen molar-refractivity contribution in [3.8, 4) is 0 Å². The Labute approximate surface area is 129 Å². The first-order valence-electron chi connectivity index (χ1n) is 7.43. The molecule has 22 heavy (non-hydrogen) atoms. The van der Waals surface area contributed by atoms with E-state index in [1.165, 1.54) is 0 Å². The van der Waals surface area contributed by atoms with Gasteiger partial charge in [0.1, 0.15) is 11.5 Å². The van der Waals surface area contributed by atoms with E-state index >= 15 is 0 Å². The van der Waals surface area contributed by atoms with Crippen LogP contribution in [0.4, 0.5) is 5.82 Å². The lowest BCUT2D eigenvalue weighted by atomic mass is 10.1. The summed E-state index contributed by atoms with van der Waals surface area (Å²) in [5.74, 6) is 0.958. The minimum Gasteiger partial charge on any atom is -0.352 e. The summed E-state index contributed by atoms with van der Waals surface area (Å²) in [6, 6.07) is 6.60. The second-order valence-corrected chi connectivity index (χ2v) is 5.74. The van der Waals surface area contributed by atoms with Gasteiger partial charge in [-0.3, -0.25) is 9.88 Å². The number of imidazole rings is 1. The third kappa shape index (κ3) is 2.42. The molecule has 0 bridgehead atoms. The Morgan fingerprint density at radius 1 is 1.27 bits per heavy atom. The lowest BCUT2D eigenvalue weighted by Gasteiger charge is -2.44. The molecule has 112 valence electrons. The van der Waals surface area contributed by atoms with Gasteiger partial charge < -0.3 is 9.30 Å². The maximum absolute atomic E-state index is 4.66. The van der Waals surface area contributed by atoms with Crippen LogP contribution in [-0.4, -0.2) is 50.4 Å². The Hall–Kier alpha value is -2.47. The fourth-order valence-electron chi connectivity index (χ4n) is 2.82. The van der Waals surface area contributed by atoms with E-state index < -0.39 is 0 Å². The molecule has 1 aliphatic heterocycles. The highest BCUT2D eigenvalue weighted by Crippen LogP contribution is 2.21. The molecule has 3 aromatic heterocycles. The number of hydrogen-bond acceptors (Lipinski definition) is 5. The highest BCUT2D eigenvalue weighted by molar-refractivity contribution is 5.40. The second-order valence-electron chi connectivity index (χ2n) is 5.74. The summed E-state index contributed by atoms with van der Waals surface area (Å²) >= 11 is 0. The van der Waals surface area contributed by atoms with Crippen LogP contribution in [0.25, 0.3) is 5.65 Å². The molecule has 1 fully saturated rings. The number of rotatable bonds is 4. The molecular formula is C16H18N6. The zero-order valence-corrected chi connectivity index (χ0v) is 12.5. The zero-order chi connectivity index (χ0) is 14.9. The topological polar surface area (TPSA) is 49.6 Å². The molecule has 1 saturated heterocycles. The number of aromatic nitrogens is 4. The van der Waals surface area contributed by atoms with E-state index in [1.54, 1.807) is 12.4 Å². The van der Waals surface area contributed by atoms with Crippen LogP contribution in [0.1, 0.15) is 5.69 Å². The van der Waals surface area contributed by atoms with Gasteiger partial charge in [0.05, 0.1) is 11.9 Å². The highest BCUT2D eigenvalue weighted by Gasteiger charge is 2.31. The van der Waals surface area contributed by atoms with Crippen LogP contribution in [-0.2, 0) is 6.54 Å². The number of pyridine rings is 1. The van der Waals surface area contributed by atoms with Crippen molar-refractivity contribution in [3.05, 3.63) is 54.9 Å². The third-order valence-corrected chi connectivity index (χ3v) is 4.18. The van der Waals surface area contributed by atoms with Gasteiger partial charge in [-0.2, -0.15) is 0 Å². The van der Waals surface area contributed by atoms with Crippen molar-refractivity contribution >= 4 is 11.5 Å². The van der Waals surface area contributed by atoms with E-state index in [1.807, 2.05) is 30.6 Å². The van der Waals surface area contributed by atoms with E-state index in [9.17, 15) is 0 Å². The van der Waals surface area contributed by atoms with Gasteiger partial charge in [-0.15, -0.1) is 0 Å². The summed E-state index contributed by atoms with van der Waals surface area (Å²) < 4.78 is 2.07. The van der Waals surface area contributed by atoms with Gasteiger partial charge in [-0.1, -0.05) is 6.07 Å². The number of hydrogen-bond donors (Lipinski definition) is 0. The quantitative estimate of drug-likeness (QED) is 0.729. The summed E-state index contributed by atoms with van der Waals surface area (Å²) in [6.07, 6.45) is 9.40. The van der Waals surface area contributed by atoms with Crippen LogP contribution >= 0.6 is 0 Å². The molecule has 0 saturated carbocycles. The number of fused-ring (bicyclic) bond motifs is 1. The van der Waals surface area contributed by atoms with E-state index in [4.69, 9.17) is 0 Å². The van der Waals surface area contributed by atoms with E-state index in [2.05, 4.69) is 42.4 Å². The van der Waals surface area contributed by atoms with Crippen molar-refractivity contribution in [1.29, 1.82) is 0 Å². The molecule has 0 unspecified atom stereocenters. The summed E-state index contributed by atoms with van der Waals surface area (Å²) in [5.41, 5.74) is 2.10. The first kappa shape index (κ1) is 13.2. The van der Waals surface area contributed by atoms with Crippen LogP contribution in [0.2, 0.25) is 0 Å². The van der Waals surface area contributed by atoms with Gasteiger partial charge in [0.2, 0.25) is 0 Å². The van der Waals surface area contributed by atoms with Crippen molar-refractivity contribution in [2.24, 2.45) is 0 Å². The van der Waals surface area contributed by atoms with Crippen molar-refractivity contribution in [1.82, 2.24) is 24.3 Å². The molecule has 0 amide bonds. The molecule has 6 nitrogen and oxygen atoms in total. The maximum atomic E-state index is 4.66. The van der Waals surface area contributed by atoms with Gasteiger partial charge in [-0.05, 0) is 19.2 Å². The van der Waals surface area contributed by atoms with Gasteiger partial charge in [0.15, 0.2) is 0 Å². The smallest absolute Gasteiger partial charge is 0.147 e. The Kier molecular flexibility index (Phi) is 3.23. The Bertz CT molecular complexity index is 729. The van der Waals surface area contributed by atoms with Crippen molar-refractivity contribution in [2.75, 3.05) is 25.0 Å². The lowest BCUT2D eigenvalue weighted by molar-refractivity contribution is 0.195. The van der Waals surface area contributed by atoms with Crippen LogP contribution in [0.3, 0.4) is 0 Å². The molecular weight excluding hydrogens is 276 g/mol. The summed E-state index contributed by atoms with van der Waals surface area (Å²) in [4.78, 5) is 17.7. The van der Waals surface area contributed by atoms with Gasteiger partial charge in [0, 0.05) is 50.5 Å². The molecule has 0 radical (unpaired) electrons. The summed E-state index contributed by atoms with van der Waals surface area (Å²) in [7, 11) is 2.16. The molecule has 6 heteroatoms.